The lowest BCUT2D eigenvalue weighted by molar-refractivity contribution is 0.0649. The van der Waals surface area contributed by atoms with Gasteiger partial charge in [-0.05, 0) is 51.3 Å². The highest BCUT2D eigenvalue weighted by Crippen LogP contribution is 2.34. The number of carbonyl (C=O) groups is 1. The van der Waals surface area contributed by atoms with E-state index in [9.17, 15) is 9.18 Å². The molecule has 1 heterocycles. The lowest BCUT2D eigenvalue weighted by Crippen LogP contribution is -2.31. The number of nitrogens with two attached hydrogens (primary N) is 1. The first kappa shape index (κ1) is 17.5. The van der Waals surface area contributed by atoms with Crippen molar-refractivity contribution in [3.05, 3.63) is 30.0 Å². The summed E-state index contributed by atoms with van der Waals surface area (Å²) in [5, 5.41) is 0.681. The number of ether oxygens (including phenoxy) is 2. The quantitative estimate of drug-likeness (QED) is 0.894. The van der Waals surface area contributed by atoms with Crippen LogP contribution in [0.25, 0.3) is 10.9 Å². The Balaban J connectivity index is 2.02. The third kappa shape index (κ3) is 3.83. The minimum Gasteiger partial charge on any atom is -0.490 e. The van der Waals surface area contributed by atoms with Gasteiger partial charge >= 0.3 is 0 Å². The molecule has 0 spiro atoms. The number of rotatable bonds is 5. The summed E-state index contributed by atoms with van der Waals surface area (Å²) in [4.78, 5) is 16.0. The summed E-state index contributed by atoms with van der Waals surface area (Å²) in [7, 11) is 0. The maximum Gasteiger partial charge on any atom is 0.252 e. The molecule has 25 heavy (non-hydrogen) atoms. The van der Waals surface area contributed by atoms with Crippen molar-refractivity contribution in [3.8, 4) is 11.5 Å². The molecule has 2 atom stereocenters. The molecule has 6 heteroatoms. The average molecular weight is 346 g/mol. The normalized spacial score (nSPS) is 20.6. The Morgan fingerprint density at radius 2 is 2.04 bits per heavy atom. The van der Waals surface area contributed by atoms with Crippen LogP contribution in [0.3, 0.4) is 0 Å². The average Bonchev–Trinajstić information content (AvgIpc) is 2.56. The molecule has 134 valence electrons. The van der Waals surface area contributed by atoms with E-state index in [1.807, 2.05) is 13.8 Å². The van der Waals surface area contributed by atoms with E-state index in [0.717, 1.165) is 12.8 Å². The predicted octanol–water partition coefficient (Wildman–Crippen LogP) is 3.78. The van der Waals surface area contributed by atoms with Crippen LogP contribution in [-0.2, 0) is 0 Å². The molecule has 1 aromatic carbocycles. The van der Waals surface area contributed by atoms with E-state index in [1.54, 1.807) is 24.4 Å². The van der Waals surface area contributed by atoms with Crippen LogP contribution in [0.4, 0.5) is 4.39 Å². The molecule has 5 nitrogen and oxygen atoms in total. The van der Waals surface area contributed by atoms with Gasteiger partial charge in [-0.25, -0.2) is 4.39 Å². The standard InChI is InChI=1S/C19H23FN2O3/c1-11(2)24-18-10-12-15(9-13(18)19(21)23)22-8-7-16(12)25-17-6-4-3-5-14(17)20/h7-11,14,17H,3-6H2,1-2H3,(H2,21,23)/t14-,17-/m0/s1. The molecule has 1 amide bonds. The summed E-state index contributed by atoms with van der Waals surface area (Å²) in [6, 6.07) is 5.01. The number of halogens is 1. The molecular weight excluding hydrogens is 323 g/mol. The van der Waals surface area contributed by atoms with Gasteiger partial charge in [-0.1, -0.05) is 6.42 Å². The van der Waals surface area contributed by atoms with Crippen LogP contribution in [0.5, 0.6) is 11.5 Å². The zero-order chi connectivity index (χ0) is 18.0. The Morgan fingerprint density at radius 1 is 1.28 bits per heavy atom. The lowest BCUT2D eigenvalue weighted by Gasteiger charge is -2.27. The van der Waals surface area contributed by atoms with Crippen molar-refractivity contribution in [2.24, 2.45) is 5.73 Å². The smallest absolute Gasteiger partial charge is 0.252 e. The molecule has 0 unspecified atom stereocenters. The Morgan fingerprint density at radius 3 is 2.72 bits per heavy atom. The zero-order valence-corrected chi connectivity index (χ0v) is 14.5. The second-order valence-corrected chi connectivity index (χ2v) is 6.66. The minimum absolute atomic E-state index is 0.120. The first-order valence-corrected chi connectivity index (χ1v) is 8.65. The fourth-order valence-electron chi connectivity index (χ4n) is 3.14. The summed E-state index contributed by atoms with van der Waals surface area (Å²) >= 11 is 0. The van der Waals surface area contributed by atoms with Gasteiger partial charge in [0.15, 0.2) is 0 Å². The number of pyridine rings is 1. The number of hydrogen-bond donors (Lipinski definition) is 1. The van der Waals surface area contributed by atoms with Crippen molar-refractivity contribution in [2.75, 3.05) is 0 Å². The highest BCUT2D eigenvalue weighted by molar-refractivity contribution is 6.01. The second kappa shape index (κ2) is 7.25. The van der Waals surface area contributed by atoms with Crippen molar-refractivity contribution in [1.29, 1.82) is 0 Å². The second-order valence-electron chi connectivity index (χ2n) is 6.66. The maximum absolute atomic E-state index is 14.1. The topological polar surface area (TPSA) is 74.4 Å². The molecule has 0 saturated heterocycles. The number of aromatic nitrogens is 1. The Kier molecular flexibility index (Phi) is 5.06. The number of nitrogens with zero attached hydrogens (tertiary/aromatic N) is 1. The van der Waals surface area contributed by atoms with Crippen LogP contribution in [0.2, 0.25) is 0 Å². The third-order valence-corrected chi connectivity index (χ3v) is 4.33. The van der Waals surface area contributed by atoms with E-state index in [2.05, 4.69) is 4.98 Å². The van der Waals surface area contributed by atoms with E-state index >= 15 is 0 Å². The van der Waals surface area contributed by atoms with Gasteiger partial charge in [-0.2, -0.15) is 0 Å². The SMILES string of the molecule is CC(C)Oc1cc2c(O[C@H]3CCCC[C@@H]3F)ccnc2cc1C(N)=O. The molecule has 3 rings (SSSR count). The van der Waals surface area contributed by atoms with E-state index in [0.29, 0.717) is 35.2 Å². The predicted molar refractivity (Wildman–Crippen MR) is 93.8 cm³/mol. The van der Waals surface area contributed by atoms with Crippen LogP contribution in [0, 0.1) is 0 Å². The highest BCUT2D eigenvalue weighted by Gasteiger charge is 2.27. The molecule has 1 aliphatic carbocycles. The summed E-state index contributed by atoms with van der Waals surface area (Å²) in [5.74, 6) is 0.347. The van der Waals surface area contributed by atoms with E-state index in [1.165, 1.54) is 0 Å². The van der Waals surface area contributed by atoms with Crippen molar-refractivity contribution < 1.29 is 18.7 Å². The molecule has 1 aromatic heterocycles. The molecule has 1 saturated carbocycles. The van der Waals surface area contributed by atoms with Gasteiger partial charge in [0.05, 0.1) is 17.2 Å². The maximum atomic E-state index is 14.1. The van der Waals surface area contributed by atoms with Crippen LogP contribution < -0.4 is 15.2 Å². The third-order valence-electron chi connectivity index (χ3n) is 4.33. The van der Waals surface area contributed by atoms with E-state index in [-0.39, 0.29) is 11.7 Å². The van der Waals surface area contributed by atoms with Crippen LogP contribution in [-0.4, -0.2) is 29.3 Å². The summed E-state index contributed by atoms with van der Waals surface area (Å²) < 4.78 is 25.8. The summed E-state index contributed by atoms with van der Waals surface area (Å²) in [5.41, 5.74) is 6.29. The van der Waals surface area contributed by atoms with Gasteiger partial charge in [0.1, 0.15) is 23.8 Å². The molecule has 1 fully saturated rings. The fourth-order valence-corrected chi connectivity index (χ4v) is 3.14. The Labute approximate surface area is 146 Å². The number of benzene rings is 1. The molecule has 1 aliphatic rings. The van der Waals surface area contributed by atoms with Crippen LogP contribution in [0.15, 0.2) is 24.4 Å². The number of alkyl halides is 1. The van der Waals surface area contributed by atoms with Gasteiger partial charge in [0.2, 0.25) is 0 Å². The van der Waals surface area contributed by atoms with Crippen LogP contribution >= 0.6 is 0 Å². The van der Waals surface area contributed by atoms with Crippen molar-refractivity contribution >= 4 is 16.8 Å². The number of hydrogen-bond acceptors (Lipinski definition) is 4. The number of amides is 1. The highest BCUT2D eigenvalue weighted by atomic mass is 19.1. The first-order valence-electron chi connectivity index (χ1n) is 8.65. The molecular formula is C19H23FN2O3. The van der Waals surface area contributed by atoms with Gasteiger partial charge in [0, 0.05) is 11.6 Å². The largest absolute Gasteiger partial charge is 0.490 e. The van der Waals surface area contributed by atoms with Crippen molar-refractivity contribution in [2.45, 2.75) is 57.9 Å². The number of carbonyl (C=O) groups excluding carboxylic acids is 1. The molecule has 0 aliphatic heterocycles. The molecule has 2 aromatic rings. The molecule has 2 N–H and O–H groups in total. The van der Waals surface area contributed by atoms with Gasteiger partial charge in [0.25, 0.3) is 5.91 Å². The number of primary amides is 1. The molecule has 0 bridgehead atoms. The first-order chi connectivity index (χ1) is 12.0. The molecule has 0 radical (unpaired) electrons. The summed E-state index contributed by atoms with van der Waals surface area (Å²) in [6.07, 6.45) is 3.12. The summed E-state index contributed by atoms with van der Waals surface area (Å²) in [6.45, 7) is 3.73. The van der Waals surface area contributed by atoms with Gasteiger partial charge in [-0.15, -0.1) is 0 Å². The lowest BCUT2D eigenvalue weighted by atomic mass is 9.96. The monoisotopic (exact) mass is 346 g/mol. The van der Waals surface area contributed by atoms with E-state index < -0.39 is 18.2 Å². The fraction of sp³-hybridized carbons (Fsp3) is 0.474. The Bertz CT molecular complexity index is 779. The zero-order valence-electron chi connectivity index (χ0n) is 14.5. The van der Waals surface area contributed by atoms with Crippen LogP contribution in [0.1, 0.15) is 49.9 Å². The van der Waals surface area contributed by atoms with E-state index in [4.69, 9.17) is 15.2 Å². The minimum atomic E-state index is -0.965. The number of fused-ring (bicyclic) bond motifs is 1. The van der Waals surface area contributed by atoms with Crippen molar-refractivity contribution in [1.82, 2.24) is 4.98 Å². The Hall–Kier alpha value is -2.37. The van der Waals surface area contributed by atoms with Gasteiger partial charge < -0.3 is 15.2 Å². The van der Waals surface area contributed by atoms with Crippen molar-refractivity contribution in [3.63, 3.8) is 0 Å². The van der Waals surface area contributed by atoms with Gasteiger partial charge in [-0.3, -0.25) is 9.78 Å².